The minimum Gasteiger partial charge on any atom is -0.506 e. The largest absolute Gasteiger partial charge is 0.506 e. The van der Waals surface area contributed by atoms with Crippen molar-refractivity contribution in [3.8, 4) is 5.75 Å². The molecular formula is C25H28ClN5O3. The second-order valence-corrected chi connectivity index (χ2v) is 8.31. The van der Waals surface area contributed by atoms with Crippen molar-refractivity contribution in [1.29, 1.82) is 0 Å². The first-order valence-corrected chi connectivity index (χ1v) is 11.8. The molecule has 9 heteroatoms. The zero-order chi connectivity index (χ0) is 24.6. The first-order valence-electron chi connectivity index (χ1n) is 11.2. The Morgan fingerprint density at radius 3 is 2.71 bits per heavy atom. The van der Waals surface area contributed by atoms with Gasteiger partial charge in [-0.2, -0.15) is 0 Å². The molecule has 5 N–H and O–H groups in total. The molecule has 3 amide bonds. The van der Waals surface area contributed by atoms with Gasteiger partial charge < -0.3 is 30.6 Å². The van der Waals surface area contributed by atoms with E-state index in [0.717, 1.165) is 27.4 Å². The number of carbonyl (C=O) groups excluding carboxylic acids is 2. The van der Waals surface area contributed by atoms with Crippen LogP contribution in [0.3, 0.4) is 0 Å². The highest BCUT2D eigenvalue weighted by Gasteiger charge is 2.36. The molecule has 1 unspecified atom stereocenters. The second-order valence-electron chi connectivity index (χ2n) is 8.01. The molecule has 178 valence electrons. The molecule has 0 spiro atoms. The van der Waals surface area contributed by atoms with E-state index in [2.05, 4.69) is 20.6 Å². The number of nitrogens with one attached hydrogen (secondary N) is 4. The average Bonchev–Trinajstić information content (AvgIpc) is 3.54. The van der Waals surface area contributed by atoms with E-state index in [0.29, 0.717) is 35.0 Å². The van der Waals surface area contributed by atoms with Gasteiger partial charge in [0.05, 0.1) is 11.2 Å². The quantitative estimate of drug-likeness (QED) is 0.251. The van der Waals surface area contributed by atoms with Gasteiger partial charge in [0.15, 0.2) is 0 Å². The van der Waals surface area contributed by atoms with E-state index in [4.69, 9.17) is 11.6 Å². The topological polar surface area (TPSA) is 113 Å². The van der Waals surface area contributed by atoms with Gasteiger partial charge in [-0.05, 0) is 42.3 Å². The Morgan fingerprint density at radius 1 is 1.24 bits per heavy atom. The van der Waals surface area contributed by atoms with Crippen molar-refractivity contribution in [2.75, 3.05) is 29.7 Å². The summed E-state index contributed by atoms with van der Waals surface area (Å²) in [7, 11) is 1.55. The third-order valence-corrected chi connectivity index (χ3v) is 6.39. The zero-order valence-electron chi connectivity index (χ0n) is 19.5. The molecular weight excluding hydrogens is 454 g/mol. The average molecular weight is 482 g/mol. The maximum atomic E-state index is 13.5. The van der Waals surface area contributed by atoms with Crippen LogP contribution in [0, 0.1) is 6.92 Å². The van der Waals surface area contributed by atoms with Gasteiger partial charge in [0.25, 0.3) is 5.91 Å². The van der Waals surface area contributed by atoms with Gasteiger partial charge in [-0.15, -0.1) is 11.6 Å². The van der Waals surface area contributed by atoms with Gasteiger partial charge in [0.2, 0.25) is 0 Å². The maximum Gasteiger partial charge on any atom is 0.318 e. The lowest BCUT2D eigenvalue weighted by atomic mass is 9.97. The first-order chi connectivity index (χ1) is 16.4. The van der Waals surface area contributed by atoms with E-state index >= 15 is 0 Å². The number of carbonyl (C=O) groups is 2. The van der Waals surface area contributed by atoms with Gasteiger partial charge in [-0.25, -0.2) is 4.79 Å². The molecule has 0 radical (unpaired) electrons. The Labute approximate surface area is 202 Å². The SMILES string of the molecule is CC.CNC(=O)Nc1ccc2[nH]c(C(=O)N3CC(CCl)c4c3cc(O)c3[nH]cc(C)c43)cc2c1. The standard InChI is InChI=1S/C23H22ClN5O3.C2H6/c1-11-9-26-21-18(30)7-17-20(19(11)21)13(8-24)10-29(17)22(31)16-6-12-5-14(27-23(32)25-2)3-4-15(12)28-16;1-2/h3-7,9,13,26,28,30H,8,10H2,1-2H3,(H2,25,27,32);1-2H3. The van der Waals surface area contributed by atoms with Crippen LogP contribution in [0.1, 0.15) is 41.4 Å². The number of phenolic OH excluding ortho intramolecular Hbond substituents is 1. The molecule has 1 atom stereocenters. The Bertz CT molecular complexity index is 1390. The van der Waals surface area contributed by atoms with Crippen LogP contribution in [-0.4, -0.2) is 46.5 Å². The van der Waals surface area contributed by atoms with Crippen molar-refractivity contribution in [2.24, 2.45) is 0 Å². The van der Waals surface area contributed by atoms with Gasteiger partial charge in [-0.3, -0.25) is 4.79 Å². The van der Waals surface area contributed by atoms with Gasteiger partial charge in [0, 0.05) is 59.6 Å². The van der Waals surface area contributed by atoms with Crippen LogP contribution < -0.4 is 15.5 Å². The molecule has 0 saturated carbocycles. The molecule has 34 heavy (non-hydrogen) atoms. The third kappa shape index (κ3) is 3.84. The summed E-state index contributed by atoms with van der Waals surface area (Å²) in [5.74, 6) is 0.216. The number of urea groups is 1. The lowest BCUT2D eigenvalue weighted by Gasteiger charge is -2.17. The summed E-state index contributed by atoms with van der Waals surface area (Å²) >= 11 is 6.29. The number of amides is 3. The van der Waals surface area contributed by atoms with Gasteiger partial charge in [0.1, 0.15) is 11.4 Å². The molecule has 1 aliphatic heterocycles. The monoisotopic (exact) mass is 481 g/mol. The van der Waals surface area contributed by atoms with Gasteiger partial charge >= 0.3 is 6.03 Å². The number of aromatic hydroxyl groups is 1. The van der Waals surface area contributed by atoms with Crippen molar-refractivity contribution >= 4 is 56.7 Å². The van der Waals surface area contributed by atoms with Crippen molar-refractivity contribution < 1.29 is 14.7 Å². The molecule has 5 rings (SSSR count). The number of hydrogen-bond acceptors (Lipinski definition) is 3. The summed E-state index contributed by atoms with van der Waals surface area (Å²) in [6.45, 7) is 6.40. The highest BCUT2D eigenvalue weighted by Crippen LogP contribution is 2.46. The van der Waals surface area contributed by atoms with Crippen molar-refractivity contribution in [2.45, 2.75) is 26.7 Å². The number of alkyl halides is 1. The predicted octanol–water partition coefficient (Wildman–Crippen LogP) is 5.42. The number of aromatic amines is 2. The number of rotatable bonds is 3. The van der Waals surface area contributed by atoms with Gasteiger partial charge in [-0.1, -0.05) is 13.8 Å². The smallest absolute Gasteiger partial charge is 0.318 e. The lowest BCUT2D eigenvalue weighted by Crippen LogP contribution is -2.30. The third-order valence-electron chi connectivity index (χ3n) is 6.02. The summed E-state index contributed by atoms with van der Waals surface area (Å²) in [6, 6.07) is 8.46. The zero-order valence-corrected chi connectivity index (χ0v) is 20.3. The molecule has 0 fully saturated rings. The number of fused-ring (bicyclic) bond motifs is 4. The number of aromatic nitrogens is 2. The van der Waals surface area contributed by atoms with Crippen LogP contribution in [0.2, 0.25) is 0 Å². The number of halogens is 1. The summed E-state index contributed by atoms with van der Waals surface area (Å²) in [5, 5.41) is 17.5. The van der Waals surface area contributed by atoms with Crippen LogP contribution in [0.5, 0.6) is 5.75 Å². The van der Waals surface area contributed by atoms with Crippen molar-refractivity contribution in [1.82, 2.24) is 15.3 Å². The highest BCUT2D eigenvalue weighted by molar-refractivity contribution is 6.19. The Balaban J connectivity index is 0.00000133. The number of aryl methyl sites for hydroxylation is 1. The number of phenols is 1. The molecule has 0 aliphatic carbocycles. The van der Waals surface area contributed by atoms with Crippen LogP contribution in [-0.2, 0) is 0 Å². The second kappa shape index (κ2) is 9.30. The Morgan fingerprint density at radius 2 is 2.00 bits per heavy atom. The molecule has 2 aromatic heterocycles. The molecule has 1 aliphatic rings. The molecule has 2 aromatic carbocycles. The molecule has 8 nitrogen and oxygen atoms in total. The predicted molar refractivity (Wildman–Crippen MR) is 138 cm³/mol. The van der Waals surface area contributed by atoms with E-state index in [1.165, 1.54) is 0 Å². The summed E-state index contributed by atoms with van der Waals surface area (Å²) in [4.78, 5) is 33.0. The first kappa shape index (κ1) is 23.5. The Hall–Kier alpha value is -3.65. The van der Waals surface area contributed by atoms with Crippen molar-refractivity contribution in [3.63, 3.8) is 0 Å². The minimum absolute atomic E-state index is 0.0408. The molecule has 0 bridgehead atoms. The number of hydrogen-bond donors (Lipinski definition) is 5. The maximum absolute atomic E-state index is 13.5. The van der Waals surface area contributed by atoms with Crippen LogP contribution in [0.25, 0.3) is 21.8 Å². The lowest BCUT2D eigenvalue weighted by molar-refractivity contribution is 0.0984. The molecule has 3 heterocycles. The normalized spacial score (nSPS) is 14.6. The van der Waals surface area contributed by atoms with E-state index < -0.39 is 0 Å². The molecule has 4 aromatic rings. The fraction of sp³-hybridized carbons (Fsp3) is 0.280. The van der Waals surface area contributed by atoms with Crippen LogP contribution >= 0.6 is 11.6 Å². The number of nitrogens with zero attached hydrogens (tertiary/aromatic N) is 1. The fourth-order valence-electron chi connectivity index (χ4n) is 4.51. The summed E-state index contributed by atoms with van der Waals surface area (Å²) in [6.07, 6.45) is 1.85. The van der Waals surface area contributed by atoms with Crippen LogP contribution in [0.15, 0.2) is 36.5 Å². The van der Waals surface area contributed by atoms with E-state index in [1.54, 1.807) is 36.2 Å². The van der Waals surface area contributed by atoms with E-state index in [1.807, 2.05) is 33.0 Å². The van der Waals surface area contributed by atoms with E-state index in [9.17, 15) is 14.7 Å². The summed E-state index contributed by atoms with van der Waals surface area (Å²) in [5.41, 5.74) is 5.14. The van der Waals surface area contributed by atoms with Crippen molar-refractivity contribution in [3.05, 3.63) is 53.3 Å². The Kier molecular flexibility index (Phi) is 6.43. The molecule has 0 saturated heterocycles. The fourth-order valence-corrected chi connectivity index (χ4v) is 4.76. The van der Waals surface area contributed by atoms with E-state index in [-0.39, 0.29) is 23.6 Å². The number of benzene rings is 2. The number of anilines is 2. The minimum atomic E-state index is -0.317. The van der Waals surface area contributed by atoms with Crippen LogP contribution in [0.4, 0.5) is 16.2 Å². The summed E-state index contributed by atoms with van der Waals surface area (Å²) < 4.78 is 0. The number of H-pyrrole nitrogens is 2. The highest BCUT2D eigenvalue weighted by atomic mass is 35.5.